The average Bonchev–Trinajstić information content (AvgIpc) is 1.49. The van der Waals surface area contributed by atoms with Crippen LogP contribution in [0, 0.1) is 77.9 Å². The molecule has 0 saturated carbocycles. The zero-order chi connectivity index (χ0) is 89.6. The minimum atomic E-state index is -3.45. The van der Waals surface area contributed by atoms with Gasteiger partial charge in [0.1, 0.15) is 8.07 Å². The summed E-state index contributed by atoms with van der Waals surface area (Å²) in [5.74, 6) is 0. The van der Waals surface area contributed by atoms with Crippen molar-refractivity contribution in [3.63, 3.8) is 0 Å². The first-order chi connectivity index (χ1) is 61.0. The predicted octanol–water partition coefficient (Wildman–Crippen LogP) is 21.7. The molecule has 8 nitrogen and oxygen atoms in total. The Labute approximate surface area is 816 Å². The van der Waals surface area contributed by atoms with E-state index in [1.54, 1.807) is 42.0 Å². The molecule has 0 aliphatic carbocycles. The Balaban J connectivity index is 0.000000148. The second-order valence-electron chi connectivity index (χ2n) is 36.2. The van der Waals surface area contributed by atoms with Gasteiger partial charge in [0.05, 0.1) is 37.2 Å². The molecule has 9 heterocycles. The third kappa shape index (κ3) is 20.5. The quantitative estimate of drug-likeness (QED) is 0.0930. The number of hydrogen-bond donors (Lipinski definition) is 0. The molecule has 0 atom stereocenters. The first-order valence-corrected chi connectivity index (χ1v) is 60.3. The van der Waals surface area contributed by atoms with Crippen LogP contribution in [0.1, 0.15) is 33.4 Å². The third-order valence-corrected chi connectivity index (χ3v) is 41.3. The molecule has 130 heavy (non-hydrogen) atoms. The van der Waals surface area contributed by atoms with Gasteiger partial charge in [0.15, 0.2) is 9.84 Å². The summed E-state index contributed by atoms with van der Waals surface area (Å²) < 4.78 is 25.5. The molecule has 659 valence electrons. The van der Waals surface area contributed by atoms with E-state index in [4.69, 9.17) is 15.0 Å². The Morgan fingerprint density at radius 2 is 0.600 bits per heavy atom. The molecule has 0 saturated heterocycles. The molecule has 17 heteroatoms. The molecule has 0 unspecified atom stereocenters. The maximum Gasteiger partial charge on any atom is 0.173 e. The summed E-state index contributed by atoms with van der Waals surface area (Å²) in [6.45, 7) is 39.4. The van der Waals surface area contributed by atoms with Crippen LogP contribution in [0.3, 0.4) is 0 Å². The first-order valence-electron chi connectivity index (χ1n) is 43.4. The van der Waals surface area contributed by atoms with Crippen LogP contribution >= 0.6 is 0 Å². The summed E-state index contributed by atoms with van der Waals surface area (Å²) >= 11 is 0. The van der Waals surface area contributed by atoms with Crippen LogP contribution in [-0.4, -0.2) is 78.7 Å². The Hall–Kier alpha value is -10.7. The van der Waals surface area contributed by atoms with E-state index in [2.05, 4.69) is 311 Å². The second-order valence-corrected chi connectivity index (χ2v) is 61.3. The van der Waals surface area contributed by atoms with E-state index in [9.17, 15) is 8.42 Å². The van der Waals surface area contributed by atoms with E-state index < -0.39 is 50.2 Å². The van der Waals surface area contributed by atoms with Gasteiger partial charge in [-0.05, 0) is 142 Å². The van der Waals surface area contributed by atoms with Gasteiger partial charge in [-0.15, -0.1) is 189 Å². The predicted molar refractivity (Wildman–Crippen MR) is 544 cm³/mol. The summed E-state index contributed by atoms with van der Waals surface area (Å²) in [4.78, 5) is 28.0. The number of rotatable bonds is 11. The number of fused-ring (bicyclic) bond motifs is 9. The van der Waals surface area contributed by atoms with Crippen molar-refractivity contribution in [1.82, 2.24) is 29.9 Å². The summed E-state index contributed by atoms with van der Waals surface area (Å²) in [5, 5.41) is 13.0. The molecule has 3 aliphatic heterocycles. The maximum absolute atomic E-state index is 12.8. The van der Waals surface area contributed by atoms with Gasteiger partial charge in [0.2, 0.25) is 0 Å². The van der Waals surface area contributed by atoms with Gasteiger partial charge in [-0.25, -0.2) is 8.42 Å². The molecule has 11 aromatic carbocycles. The van der Waals surface area contributed by atoms with Crippen molar-refractivity contribution in [2.45, 2.75) is 123 Å². The van der Waals surface area contributed by atoms with Crippen molar-refractivity contribution >= 4 is 96.9 Å². The van der Waals surface area contributed by atoms with Gasteiger partial charge in [0.25, 0.3) is 0 Å². The molecule has 0 bridgehead atoms. The molecule has 0 spiro atoms. The van der Waals surface area contributed by atoms with Crippen LogP contribution in [0.5, 0.6) is 0 Å². The van der Waals surface area contributed by atoms with Gasteiger partial charge in [0, 0.05) is 97.5 Å². The normalized spacial score (nSPS) is 12.7. The largest absolute Gasteiger partial charge is 0.305 e. The molecule has 0 fully saturated rings. The van der Waals surface area contributed by atoms with E-state index in [0.29, 0.717) is 9.79 Å². The van der Waals surface area contributed by atoms with Crippen molar-refractivity contribution < 1.29 is 68.7 Å². The van der Waals surface area contributed by atoms with Crippen LogP contribution in [0.15, 0.2) is 344 Å². The summed E-state index contributed by atoms with van der Waals surface area (Å²) in [6, 6.07) is 121. The van der Waals surface area contributed by atoms with E-state index in [1.165, 1.54) is 91.6 Å². The van der Waals surface area contributed by atoms with E-state index >= 15 is 0 Å². The van der Waals surface area contributed by atoms with Crippen molar-refractivity contribution in [3.8, 4) is 101 Å². The fourth-order valence-corrected chi connectivity index (χ4v) is 32.9. The van der Waals surface area contributed by atoms with Crippen molar-refractivity contribution in [1.29, 1.82) is 0 Å². The Morgan fingerprint density at radius 1 is 0.277 bits per heavy atom. The number of hydrogen-bond acceptors (Lipinski definition) is 8. The molecule has 3 aliphatic rings. The second kappa shape index (κ2) is 41.8. The molecular weight excluding hydrogens is 2220 g/mol. The molecular formula is C113H106Ir3N6O2SSi5-6. The van der Waals surface area contributed by atoms with Crippen molar-refractivity contribution in [3.05, 3.63) is 404 Å². The molecule has 0 amide bonds. The summed E-state index contributed by atoms with van der Waals surface area (Å²) in [7, 11) is -11.8. The number of benzene rings is 11. The van der Waals surface area contributed by atoms with E-state index in [0.717, 1.165) is 84.2 Å². The smallest absolute Gasteiger partial charge is 0.173 e. The topological polar surface area (TPSA) is 111 Å². The summed E-state index contributed by atoms with van der Waals surface area (Å²) in [6.07, 6.45) is 11.6. The Kier molecular flexibility index (Phi) is 31.6. The monoisotopic (exact) mass is 2330 g/mol. The standard InChI is InChI=1S/C34H32NSi2.C24H28NSi2.C22H22NO2SSi.3C11H8N.3Ir/c1-24-25(2)34(35-23-33(24)36(3,4)5)26-20-21-32-30(22-26)29-18-12-13-19-31(29)37(32,27-14-8-6-9-15-27)28-16-10-7-11-17-28;1-16-17(2)24(25-15-23(16)26(3,4)5)18-12-13-22-20(14-18)19-10-8-9-11-21(19)27(22,6)7;1-14-15(2)22(23-13-21(14)27(3,4)5)16-10-11-20-18(12-16)17-8-6-7-9-19(17)26(20,24)25;3*1-2-6-10(7-3-1)11-8-4-5-9-12-11;;;/h6-19,21-23H,1-5H3;8-11,13-15H,1-7H3;6-9,11-13H,1-5H3;3*1-6,8-9H;;;/q6*-1;;;. The number of aromatic nitrogens is 6. The van der Waals surface area contributed by atoms with Crippen LogP contribution in [0.4, 0.5) is 0 Å². The number of pyridine rings is 6. The van der Waals surface area contributed by atoms with Crippen LogP contribution < -0.4 is 46.7 Å². The first kappa shape index (κ1) is 98.3. The van der Waals surface area contributed by atoms with Gasteiger partial charge >= 0.3 is 0 Å². The average molecular weight is 2330 g/mol. The van der Waals surface area contributed by atoms with Gasteiger partial charge in [-0.1, -0.05) is 301 Å². The van der Waals surface area contributed by atoms with Crippen LogP contribution in [0.25, 0.3) is 101 Å². The van der Waals surface area contributed by atoms with Crippen LogP contribution in [-0.2, 0) is 70.2 Å². The Bertz CT molecular complexity index is 6600. The van der Waals surface area contributed by atoms with E-state index in [1.807, 2.05) is 152 Å². The zero-order valence-electron chi connectivity index (χ0n) is 76.7. The minimum Gasteiger partial charge on any atom is -0.305 e. The molecule has 0 N–H and O–H groups in total. The van der Waals surface area contributed by atoms with Crippen LogP contribution in [0.2, 0.25) is 72.0 Å². The SMILES string of the molecule is Cc1c([Si](C)(C)C)cnc(-c2[c-]cc3c(c2)-c2ccccc2S3(=O)=O)c1C.Cc1c([Si](C)(C)C)cnc(-c2[c-]cc3c(c2)-c2ccccc2[Si]3(C)C)c1C.Cc1c([Si](C)(C)C)cnc(-c2[c-]cc3c(c2)-c2ccccc2[Si]3(c2ccccc2)c2ccccc2)c1C.[Ir].[Ir].[Ir].[c-]1ccccc1-c1ccccn1.[c-]1ccccc1-c1ccccn1.[c-]1ccccc1-c1ccccn1. The van der Waals surface area contributed by atoms with Gasteiger partial charge in [-0.2, -0.15) is 0 Å². The zero-order valence-corrected chi connectivity index (χ0v) is 89.7. The third-order valence-electron chi connectivity index (χ3n) is 24.6. The van der Waals surface area contributed by atoms with Gasteiger partial charge in [-0.3, -0.25) is 0 Å². The molecule has 20 rings (SSSR count). The fourth-order valence-electron chi connectivity index (χ4n) is 17.8. The Morgan fingerprint density at radius 3 is 0.977 bits per heavy atom. The van der Waals surface area contributed by atoms with Gasteiger partial charge < -0.3 is 29.9 Å². The molecule has 3 radical (unpaired) electrons. The molecule has 6 aromatic heterocycles. The van der Waals surface area contributed by atoms with Crippen molar-refractivity contribution in [2.24, 2.45) is 0 Å². The number of nitrogens with zero attached hydrogens (tertiary/aromatic N) is 6. The fraction of sp³-hybridized carbons (Fsp3) is 0.150. The number of sulfone groups is 1. The maximum atomic E-state index is 12.8. The van der Waals surface area contributed by atoms with Crippen molar-refractivity contribution in [2.75, 3.05) is 0 Å². The minimum absolute atomic E-state index is 0. The summed E-state index contributed by atoms with van der Waals surface area (Å²) in [5.41, 5.74) is 26.9. The van der Waals surface area contributed by atoms with E-state index in [-0.39, 0.29) is 60.3 Å². The molecule has 17 aromatic rings.